The summed E-state index contributed by atoms with van der Waals surface area (Å²) in [7, 11) is 3.84. The average Bonchev–Trinajstić information content (AvgIpc) is 3.25. The molecule has 0 spiro atoms. The van der Waals surface area contributed by atoms with Gasteiger partial charge in [-0.3, -0.25) is 9.67 Å². The molecule has 1 aliphatic heterocycles. The van der Waals surface area contributed by atoms with E-state index in [1.165, 1.54) is 13.3 Å². The van der Waals surface area contributed by atoms with E-state index in [1.807, 2.05) is 36.3 Å². The van der Waals surface area contributed by atoms with Gasteiger partial charge < -0.3 is 10.2 Å². The molecule has 1 aliphatic rings. The summed E-state index contributed by atoms with van der Waals surface area (Å²) in [5.74, 6) is 1.57. The molecule has 0 aliphatic carbocycles. The Hall–Kier alpha value is -0.360. The summed E-state index contributed by atoms with van der Waals surface area (Å²) in [5, 5.41) is 7.79. The second-order valence-electron chi connectivity index (χ2n) is 5.81. The zero-order valence-electron chi connectivity index (χ0n) is 13.9. The van der Waals surface area contributed by atoms with Crippen LogP contribution in [0.1, 0.15) is 22.8 Å². The van der Waals surface area contributed by atoms with Crippen LogP contribution in [-0.4, -0.2) is 47.3 Å². The largest absolute Gasteiger partial charge is 0.356 e. The number of hydrogen-bond donors (Lipinski definition) is 1. The van der Waals surface area contributed by atoms with Crippen LogP contribution in [-0.2, 0) is 13.5 Å². The second-order valence-corrected chi connectivity index (χ2v) is 8.87. The molecule has 0 radical (unpaired) electrons. The van der Waals surface area contributed by atoms with Gasteiger partial charge in [-0.15, -0.1) is 35.3 Å². The van der Waals surface area contributed by atoms with Crippen molar-refractivity contribution in [2.45, 2.75) is 18.8 Å². The van der Waals surface area contributed by atoms with Gasteiger partial charge in [0.25, 0.3) is 0 Å². The van der Waals surface area contributed by atoms with Crippen LogP contribution in [0.25, 0.3) is 0 Å². The van der Waals surface area contributed by atoms with E-state index in [-0.39, 0.29) is 24.0 Å². The summed E-state index contributed by atoms with van der Waals surface area (Å²) in [5.41, 5.74) is 1.33. The van der Waals surface area contributed by atoms with E-state index < -0.39 is 0 Å². The number of nitrogens with one attached hydrogen (secondary N) is 1. The highest BCUT2D eigenvalue weighted by molar-refractivity contribution is 14.1. The standard InChI is InChI=1S/C16H22IN5S.HI/c1-18-16(19-7-5-14-3-4-15(17)23-14)22-8-6-12(11-22)13-9-20-21(2)10-13;/h3-4,9-10,12H,5-8,11H2,1-2H3,(H,18,19);1H. The summed E-state index contributed by atoms with van der Waals surface area (Å²) < 4.78 is 3.23. The Morgan fingerprint density at radius 3 is 2.96 bits per heavy atom. The Morgan fingerprint density at radius 2 is 2.33 bits per heavy atom. The van der Waals surface area contributed by atoms with Gasteiger partial charge in [-0.2, -0.15) is 5.10 Å². The Morgan fingerprint density at radius 1 is 1.50 bits per heavy atom. The lowest BCUT2D eigenvalue weighted by Crippen LogP contribution is -2.40. The fraction of sp³-hybridized carbons (Fsp3) is 0.500. The first-order chi connectivity index (χ1) is 11.2. The van der Waals surface area contributed by atoms with E-state index in [4.69, 9.17) is 0 Å². The maximum Gasteiger partial charge on any atom is 0.193 e. The first-order valence-corrected chi connectivity index (χ1v) is 9.73. The molecule has 1 atom stereocenters. The summed E-state index contributed by atoms with van der Waals surface area (Å²) in [6.07, 6.45) is 6.33. The van der Waals surface area contributed by atoms with Gasteiger partial charge in [-0.1, -0.05) is 0 Å². The molecule has 2 aromatic rings. The Bertz CT molecular complexity index is 682. The molecular formula is C16H23I2N5S. The van der Waals surface area contributed by atoms with Gasteiger partial charge in [0, 0.05) is 50.7 Å². The molecule has 2 aromatic heterocycles. The zero-order chi connectivity index (χ0) is 16.2. The van der Waals surface area contributed by atoms with E-state index in [9.17, 15) is 0 Å². The number of aliphatic imine (C=N–C) groups is 1. The van der Waals surface area contributed by atoms with Crippen LogP contribution in [0.3, 0.4) is 0 Å². The molecule has 3 heterocycles. The van der Waals surface area contributed by atoms with Crippen LogP contribution >= 0.6 is 57.9 Å². The summed E-state index contributed by atoms with van der Waals surface area (Å²) in [4.78, 5) is 8.23. The fourth-order valence-corrected chi connectivity index (χ4v) is 4.75. The van der Waals surface area contributed by atoms with Gasteiger partial charge in [0.05, 0.1) is 9.08 Å². The number of halogens is 2. The van der Waals surface area contributed by atoms with E-state index in [0.717, 1.165) is 38.4 Å². The quantitative estimate of drug-likeness (QED) is 0.348. The number of aromatic nitrogens is 2. The Labute approximate surface area is 178 Å². The first-order valence-electron chi connectivity index (χ1n) is 7.84. The molecule has 24 heavy (non-hydrogen) atoms. The molecule has 1 fully saturated rings. The van der Waals surface area contributed by atoms with Crippen LogP contribution in [0, 0.1) is 2.88 Å². The third kappa shape index (κ3) is 5.07. The van der Waals surface area contributed by atoms with Crippen LogP contribution in [0.2, 0.25) is 0 Å². The highest BCUT2D eigenvalue weighted by Crippen LogP contribution is 2.26. The van der Waals surface area contributed by atoms with Crippen molar-refractivity contribution < 1.29 is 0 Å². The predicted octanol–water partition coefficient (Wildman–Crippen LogP) is 3.31. The van der Waals surface area contributed by atoms with Gasteiger partial charge in [0.1, 0.15) is 0 Å². The molecule has 0 saturated carbocycles. The Kier molecular flexibility index (Phi) is 7.79. The van der Waals surface area contributed by atoms with Crippen molar-refractivity contribution in [1.82, 2.24) is 20.0 Å². The summed E-state index contributed by atoms with van der Waals surface area (Å²) >= 11 is 4.24. The molecule has 1 unspecified atom stereocenters. The van der Waals surface area contributed by atoms with Crippen LogP contribution in [0.5, 0.6) is 0 Å². The van der Waals surface area contributed by atoms with Gasteiger partial charge in [0.15, 0.2) is 5.96 Å². The molecule has 0 bridgehead atoms. The smallest absolute Gasteiger partial charge is 0.193 e. The number of guanidine groups is 1. The van der Waals surface area contributed by atoms with Gasteiger partial charge in [-0.05, 0) is 53.1 Å². The lowest BCUT2D eigenvalue weighted by Gasteiger charge is -2.21. The molecule has 3 rings (SSSR count). The van der Waals surface area contributed by atoms with Crippen molar-refractivity contribution in [1.29, 1.82) is 0 Å². The number of rotatable bonds is 4. The number of thiophene rings is 1. The summed E-state index contributed by atoms with van der Waals surface area (Å²) in [6.45, 7) is 3.00. The minimum absolute atomic E-state index is 0. The highest BCUT2D eigenvalue weighted by atomic mass is 127. The SMILES string of the molecule is CN=C(NCCc1ccc(I)s1)N1CCC(c2cnn(C)c2)C1.I. The second kappa shape index (κ2) is 9.37. The third-order valence-corrected chi connectivity index (χ3v) is 6.13. The van der Waals surface area contributed by atoms with Crippen molar-refractivity contribution >= 4 is 63.9 Å². The molecule has 0 amide bonds. The predicted molar refractivity (Wildman–Crippen MR) is 120 cm³/mol. The highest BCUT2D eigenvalue weighted by Gasteiger charge is 2.26. The van der Waals surface area contributed by atoms with Crippen molar-refractivity contribution in [3.05, 3.63) is 37.9 Å². The molecular weight excluding hydrogens is 548 g/mol. The lowest BCUT2D eigenvalue weighted by atomic mass is 10.0. The van der Waals surface area contributed by atoms with E-state index in [2.05, 4.69) is 61.2 Å². The monoisotopic (exact) mass is 571 g/mol. The normalized spacial score (nSPS) is 17.9. The van der Waals surface area contributed by atoms with E-state index >= 15 is 0 Å². The van der Waals surface area contributed by atoms with Gasteiger partial charge >= 0.3 is 0 Å². The van der Waals surface area contributed by atoms with Crippen molar-refractivity contribution in [2.24, 2.45) is 12.0 Å². The van der Waals surface area contributed by atoms with Gasteiger partial charge in [0.2, 0.25) is 0 Å². The molecule has 8 heteroatoms. The topological polar surface area (TPSA) is 45.5 Å². The van der Waals surface area contributed by atoms with Crippen LogP contribution in [0.4, 0.5) is 0 Å². The maximum absolute atomic E-state index is 4.45. The van der Waals surface area contributed by atoms with E-state index in [1.54, 1.807) is 0 Å². The van der Waals surface area contributed by atoms with E-state index in [0.29, 0.717) is 5.92 Å². The molecule has 5 nitrogen and oxygen atoms in total. The maximum atomic E-state index is 4.45. The first kappa shape index (κ1) is 20.0. The fourth-order valence-electron chi connectivity index (χ4n) is 2.99. The molecule has 1 N–H and O–H groups in total. The lowest BCUT2D eigenvalue weighted by molar-refractivity contribution is 0.486. The molecule has 1 saturated heterocycles. The number of likely N-dealkylation sites (tertiary alicyclic amines) is 1. The average molecular weight is 571 g/mol. The summed E-state index contributed by atoms with van der Waals surface area (Å²) in [6, 6.07) is 4.39. The van der Waals surface area contributed by atoms with Crippen LogP contribution in [0.15, 0.2) is 29.5 Å². The third-order valence-electron chi connectivity index (χ3n) is 4.18. The van der Waals surface area contributed by atoms with Crippen molar-refractivity contribution in [3.8, 4) is 0 Å². The number of hydrogen-bond acceptors (Lipinski definition) is 3. The van der Waals surface area contributed by atoms with Gasteiger partial charge in [-0.25, -0.2) is 0 Å². The number of aryl methyl sites for hydroxylation is 1. The zero-order valence-corrected chi connectivity index (χ0v) is 19.2. The Balaban J connectivity index is 0.00000208. The van der Waals surface area contributed by atoms with Crippen molar-refractivity contribution in [3.63, 3.8) is 0 Å². The van der Waals surface area contributed by atoms with Crippen LogP contribution < -0.4 is 5.32 Å². The minimum Gasteiger partial charge on any atom is -0.356 e. The van der Waals surface area contributed by atoms with Crippen molar-refractivity contribution in [2.75, 3.05) is 26.7 Å². The molecule has 132 valence electrons. The minimum atomic E-state index is 0. The number of nitrogens with zero attached hydrogens (tertiary/aromatic N) is 4. The molecule has 0 aromatic carbocycles.